The van der Waals surface area contributed by atoms with Crippen molar-refractivity contribution in [1.82, 2.24) is 5.32 Å². The summed E-state index contributed by atoms with van der Waals surface area (Å²) in [5.74, 6) is -1.64. The van der Waals surface area contributed by atoms with Crippen LogP contribution < -0.4 is 11.1 Å². The molecule has 0 spiro atoms. The molecule has 1 aromatic rings. The van der Waals surface area contributed by atoms with E-state index >= 15 is 0 Å². The van der Waals surface area contributed by atoms with Gasteiger partial charge in [0.15, 0.2) is 11.6 Å². The lowest BCUT2D eigenvalue weighted by Crippen LogP contribution is -2.35. The molecule has 0 heterocycles. The van der Waals surface area contributed by atoms with Crippen LogP contribution in [0.2, 0.25) is 0 Å². The van der Waals surface area contributed by atoms with Gasteiger partial charge >= 0.3 is 0 Å². The highest BCUT2D eigenvalue weighted by atomic mass is 19.2. The Bertz CT molecular complexity index is 342. The van der Waals surface area contributed by atoms with E-state index in [1.54, 1.807) is 6.07 Å². The first-order valence-electron chi connectivity index (χ1n) is 5.50. The fourth-order valence-electron chi connectivity index (χ4n) is 1.54. The van der Waals surface area contributed by atoms with Gasteiger partial charge in [-0.15, -0.1) is 0 Å². The summed E-state index contributed by atoms with van der Waals surface area (Å²) in [6.45, 7) is 4.25. The zero-order chi connectivity index (χ0) is 12.1. The minimum Gasteiger partial charge on any atom is -0.329 e. The van der Waals surface area contributed by atoms with Crippen molar-refractivity contribution in [2.24, 2.45) is 5.73 Å². The normalized spacial score (nSPS) is 14.8. The van der Waals surface area contributed by atoms with E-state index in [1.807, 2.05) is 13.8 Å². The molecule has 3 N–H and O–H groups in total. The van der Waals surface area contributed by atoms with Crippen LogP contribution in [-0.4, -0.2) is 12.6 Å². The number of benzene rings is 1. The molecule has 16 heavy (non-hydrogen) atoms. The van der Waals surface area contributed by atoms with E-state index in [2.05, 4.69) is 5.32 Å². The topological polar surface area (TPSA) is 38.0 Å². The number of hydrogen-bond acceptors (Lipinski definition) is 2. The smallest absolute Gasteiger partial charge is 0.163 e. The summed E-state index contributed by atoms with van der Waals surface area (Å²) >= 11 is 0. The predicted molar refractivity (Wildman–Crippen MR) is 61.0 cm³/mol. The molecular weight excluding hydrogens is 210 g/mol. The van der Waals surface area contributed by atoms with Gasteiger partial charge in [-0.05, 0) is 19.4 Å². The molecule has 0 amide bonds. The van der Waals surface area contributed by atoms with Gasteiger partial charge in [-0.3, -0.25) is 0 Å². The van der Waals surface area contributed by atoms with Crippen molar-refractivity contribution in [2.75, 3.05) is 6.54 Å². The molecule has 1 aromatic carbocycles. The molecule has 0 saturated carbocycles. The van der Waals surface area contributed by atoms with Gasteiger partial charge in [-0.1, -0.05) is 19.1 Å². The molecule has 0 aliphatic heterocycles. The Morgan fingerprint density at radius 2 is 2.06 bits per heavy atom. The lowest BCUT2D eigenvalue weighted by Gasteiger charge is -2.22. The zero-order valence-electron chi connectivity index (χ0n) is 9.63. The van der Waals surface area contributed by atoms with E-state index in [9.17, 15) is 8.78 Å². The Morgan fingerprint density at radius 3 is 2.62 bits per heavy atom. The van der Waals surface area contributed by atoms with E-state index in [4.69, 9.17) is 5.73 Å². The summed E-state index contributed by atoms with van der Waals surface area (Å²) in [5, 5.41) is 3.17. The fraction of sp³-hybridized carbons (Fsp3) is 0.500. The highest BCUT2D eigenvalue weighted by Crippen LogP contribution is 2.19. The van der Waals surface area contributed by atoms with Crippen molar-refractivity contribution in [1.29, 1.82) is 0 Å². The van der Waals surface area contributed by atoms with Crippen LogP contribution in [0.4, 0.5) is 8.78 Å². The van der Waals surface area contributed by atoms with Gasteiger partial charge in [0.25, 0.3) is 0 Å². The Labute approximate surface area is 94.8 Å². The number of halogens is 2. The Balaban J connectivity index is 2.90. The summed E-state index contributed by atoms with van der Waals surface area (Å²) in [7, 11) is 0. The molecule has 90 valence electrons. The third kappa shape index (κ3) is 3.00. The predicted octanol–water partition coefficient (Wildman–Crippen LogP) is 2.35. The average molecular weight is 228 g/mol. The van der Waals surface area contributed by atoms with Crippen LogP contribution >= 0.6 is 0 Å². The van der Waals surface area contributed by atoms with Crippen LogP contribution in [0.3, 0.4) is 0 Å². The van der Waals surface area contributed by atoms with Crippen LogP contribution in [0.25, 0.3) is 0 Å². The summed E-state index contributed by atoms with van der Waals surface area (Å²) in [6.07, 6.45) is 0.910. The highest BCUT2D eigenvalue weighted by molar-refractivity contribution is 5.23. The number of hydrogen-bond donors (Lipinski definition) is 2. The minimum atomic E-state index is -0.832. The summed E-state index contributed by atoms with van der Waals surface area (Å²) in [6, 6.07) is 4.04. The van der Waals surface area contributed by atoms with Gasteiger partial charge < -0.3 is 11.1 Å². The Morgan fingerprint density at radius 1 is 1.38 bits per heavy atom. The maximum absolute atomic E-state index is 13.5. The second-order valence-electron chi connectivity index (χ2n) is 3.91. The Kier molecular flexibility index (Phi) is 4.83. The zero-order valence-corrected chi connectivity index (χ0v) is 9.63. The SMILES string of the molecule is CCC(C)NC(CN)c1cccc(F)c1F. The molecule has 1 rings (SSSR count). The standard InChI is InChI=1S/C12H18F2N2/c1-3-8(2)16-11(7-15)9-5-4-6-10(13)12(9)14/h4-6,8,11,16H,3,7,15H2,1-2H3. The lowest BCUT2D eigenvalue weighted by molar-refractivity contribution is 0.424. The van der Waals surface area contributed by atoms with Crippen molar-refractivity contribution < 1.29 is 8.78 Å². The summed E-state index contributed by atoms with van der Waals surface area (Å²) in [5.41, 5.74) is 5.87. The van der Waals surface area contributed by atoms with Crippen molar-refractivity contribution in [2.45, 2.75) is 32.4 Å². The molecule has 0 aromatic heterocycles. The van der Waals surface area contributed by atoms with Gasteiger partial charge in [0.05, 0.1) is 0 Å². The van der Waals surface area contributed by atoms with Crippen LogP contribution in [0, 0.1) is 11.6 Å². The van der Waals surface area contributed by atoms with E-state index in [0.717, 1.165) is 12.5 Å². The van der Waals surface area contributed by atoms with Gasteiger partial charge in [-0.25, -0.2) is 8.78 Å². The molecule has 2 atom stereocenters. The Hall–Kier alpha value is -1.00. The molecule has 0 radical (unpaired) electrons. The number of nitrogens with two attached hydrogens (primary N) is 1. The first kappa shape index (κ1) is 13.1. The van der Waals surface area contributed by atoms with Crippen LogP contribution in [-0.2, 0) is 0 Å². The van der Waals surface area contributed by atoms with Crippen molar-refractivity contribution in [3.63, 3.8) is 0 Å². The van der Waals surface area contributed by atoms with Gasteiger partial charge in [-0.2, -0.15) is 0 Å². The van der Waals surface area contributed by atoms with E-state index in [1.165, 1.54) is 6.07 Å². The second-order valence-corrected chi connectivity index (χ2v) is 3.91. The maximum Gasteiger partial charge on any atom is 0.163 e. The summed E-state index contributed by atoms with van der Waals surface area (Å²) in [4.78, 5) is 0. The highest BCUT2D eigenvalue weighted by Gasteiger charge is 2.17. The molecule has 0 fully saturated rings. The van der Waals surface area contributed by atoms with Crippen LogP contribution in [0.1, 0.15) is 31.9 Å². The largest absolute Gasteiger partial charge is 0.329 e. The monoisotopic (exact) mass is 228 g/mol. The van der Waals surface area contributed by atoms with Gasteiger partial charge in [0, 0.05) is 24.2 Å². The quantitative estimate of drug-likeness (QED) is 0.812. The average Bonchev–Trinajstić information content (AvgIpc) is 2.29. The molecular formula is C12H18F2N2. The van der Waals surface area contributed by atoms with Gasteiger partial charge in [0.1, 0.15) is 0 Å². The second kappa shape index (κ2) is 5.92. The maximum atomic E-state index is 13.5. The molecule has 0 saturated heterocycles. The number of nitrogens with one attached hydrogen (secondary N) is 1. The van der Waals surface area contributed by atoms with E-state index in [-0.39, 0.29) is 18.6 Å². The lowest BCUT2D eigenvalue weighted by atomic mass is 10.0. The van der Waals surface area contributed by atoms with Gasteiger partial charge in [0.2, 0.25) is 0 Å². The van der Waals surface area contributed by atoms with Crippen molar-refractivity contribution >= 4 is 0 Å². The van der Waals surface area contributed by atoms with E-state index in [0.29, 0.717) is 5.56 Å². The first-order chi connectivity index (χ1) is 7.60. The molecule has 0 bridgehead atoms. The molecule has 0 aliphatic carbocycles. The van der Waals surface area contributed by atoms with Crippen LogP contribution in [0.15, 0.2) is 18.2 Å². The minimum absolute atomic E-state index is 0.219. The first-order valence-corrected chi connectivity index (χ1v) is 5.50. The number of rotatable bonds is 5. The third-order valence-corrected chi connectivity index (χ3v) is 2.69. The third-order valence-electron chi connectivity index (χ3n) is 2.69. The fourth-order valence-corrected chi connectivity index (χ4v) is 1.54. The van der Waals surface area contributed by atoms with E-state index < -0.39 is 11.6 Å². The van der Waals surface area contributed by atoms with Crippen LogP contribution in [0.5, 0.6) is 0 Å². The molecule has 2 unspecified atom stereocenters. The van der Waals surface area contributed by atoms with Crippen molar-refractivity contribution in [3.05, 3.63) is 35.4 Å². The molecule has 4 heteroatoms. The van der Waals surface area contributed by atoms with Crippen molar-refractivity contribution in [3.8, 4) is 0 Å². The molecule has 2 nitrogen and oxygen atoms in total. The molecule has 0 aliphatic rings. The summed E-state index contributed by atoms with van der Waals surface area (Å²) < 4.78 is 26.6.